The number of hydrogen-bond donors (Lipinski definition) is 2. The van der Waals surface area contributed by atoms with Gasteiger partial charge in [-0.25, -0.2) is 15.0 Å². The van der Waals surface area contributed by atoms with Crippen LogP contribution in [0.25, 0.3) is 22.2 Å². The first-order valence-corrected chi connectivity index (χ1v) is 9.24. The quantitative estimate of drug-likeness (QED) is 0.667. The Labute approximate surface area is 163 Å². The molecule has 1 fully saturated rings. The van der Waals surface area contributed by atoms with Crippen molar-refractivity contribution in [1.29, 1.82) is 0 Å². The maximum atomic E-state index is 8.36. The van der Waals surface area contributed by atoms with Crippen LogP contribution in [0, 0.1) is 13.8 Å². The number of fused-ring (bicyclic) bond motifs is 1. The summed E-state index contributed by atoms with van der Waals surface area (Å²) in [4.78, 5) is 22.0. The van der Waals surface area contributed by atoms with Crippen LogP contribution in [0.15, 0.2) is 36.7 Å². The summed E-state index contributed by atoms with van der Waals surface area (Å²) >= 11 is 0. The number of nitrogens with zero attached hydrogens (tertiary/aromatic N) is 3. The molecule has 1 saturated heterocycles. The van der Waals surface area contributed by atoms with Gasteiger partial charge in [-0.05, 0) is 50.5 Å². The summed E-state index contributed by atoms with van der Waals surface area (Å²) < 4.78 is 5.60. The lowest BCUT2D eigenvalue weighted by atomic mass is 10.0. The summed E-state index contributed by atoms with van der Waals surface area (Å²) in [5.41, 5.74) is 5.29. The molecule has 7 nitrogen and oxygen atoms in total. The van der Waals surface area contributed by atoms with Crippen LogP contribution in [0.4, 0.5) is 5.95 Å². The molecule has 0 bridgehead atoms. The van der Waals surface area contributed by atoms with E-state index in [1.54, 1.807) is 0 Å². The number of rotatable bonds is 4. The van der Waals surface area contributed by atoms with E-state index in [0.717, 1.165) is 42.8 Å². The summed E-state index contributed by atoms with van der Waals surface area (Å²) in [6.07, 6.45) is 6.17. The van der Waals surface area contributed by atoms with Crippen molar-refractivity contribution in [1.82, 2.24) is 15.0 Å². The van der Waals surface area contributed by atoms with Gasteiger partial charge in [-0.3, -0.25) is 4.79 Å². The van der Waals surface area contributed by atoms with Gasteiger partial charge in [0.15, 0.2) is 0 Å². The first kappa shape index (κ1) is 19.7. The van der Waals surface area contributed by atoms with Crippen LogP contribution < -0.4 is 5.32 Å². The highest BCUT2D eigenvalue weighted by molar-refractivity contribution is 5.85. The number of aromatic nitrogens is 3. The highest BCUT2D eigenvalue weighted by Gasteiger charge is 2.15. The Morgan fingerprint density at radius 2 is 2.00 bits per heavy atom. The van der Waals surface area contributed by atoms with Crippen LogP contribution in [0.3, 0.4) is 0 Å². The summed E-state index contributed by atoms with van der Waals surface area (Å²) in [6, 6.07) is 8.43. The van der Waals surface area contributed by atoms with E-state index in [9.17, 15) is 0 Å². The Kier molecular flexibility index (Phi) is 6.49. The molecule has 1 aromatic carbocycles. The van der Waals surface area contributed by atoms with Crippen molar-refractivity contribution in [2.24, 2.45) is 0 Å². The van der Waals surface area contributed by atoms with Gasteiger partial charge in [-0.15, -0.1) is 0 Å². The van der Waals surface area contributed by atoms with Crippen LogP contribution in [0.1, 0.15) is 24.0 Å². The van der Waals surface area contributed by atoms with Gasteiger partial charge in [-0.2, -0.15) is 0 Å². The van der Waals surface area contributed by atoms with Gasteiger partial charge in [0.05, 0.1) is 17.3 Å². The van der Waals surface area contributed by atoms with E-state index in [1.807, 2.05) is 12.4 Å². The molecule has 4 rings (SSSR count). The molecule has 2 N–H and O–H groups in total. The summed E-state index contributed by atoms with van der Waals surface area (Å²) in [5.74, 6) is 0.632. The molecule has 0 aliphatic carbocycles. The molecule has 2 aromatic heterocycles. The van der Waals surface area contributed by atoms with Crippen molar-refractivity contribution < 1.29 is 14.6 Å². The third-order valence-corrected chi connectivity index (χ3v) is 4.63. The molecular formula is C21H24N4O3. The lowest BCUT2D eigenvalue weighted by Crippen LogP contribution is -2.19. The number of carbonyl (C=O) groups is 1. The average Bonchev–Trinajstić information content (AvgIpc) is 3.21. The molecule has 1 atom stereocenters. The van der Waals surface area contributed by atoms with Gasteiger partial charge in [-0.1, -0.05) is 11.6 Å². The summed E-state index contributed by atoms with van der Waals surface area (Å²) in [7, 11) is 0. The normalized spacial score (nSPS) is 15.7. The number of anilines is 1. The summed E-state index contributed by atoms with van der Waals surface area (Å²) in [5, 5.41) is 11.3. The first-order chi connectivity index (χ1) is 13.6. The second-order valence-corrected chi connectivity index (χ2v) is 6.76. The number of ether oxygens (including phenoxy) is 1. The van der Waals surface area contributed by atoms with Crippen LogP contribution in [-0.2, 0) is 9.53 Å². The van der Waals surface area contributed by atoms with Gasteiger partial charge in [0.2, 0.25) is 5.95 Å². The van der Waals surface area contributed by atoms with Crippen LogP contribution in [0.2, 0.25) is 0 Å². The molecule has 146 valence electrons. The lowest BCUT2D eigenvalue weighted by molar-refractivity contribution is -0.122. The molecule has 1 unspecified atom stereocenters. The van der Waals surface area contributed by atoms with Gasteiger partial charge in [0.25, 0.3) is 6.47 Å². The third kappa shape index (κ3) is 4.80. The van der Waals surface area contributed by atoms with Gasteiger partial charge in [0.1, 0.15) is 0 Å². The lowest BCUT2D eigenvalue weighted by Gasteiger charge is -2.11. The highest BCUT2D eigenvalue weighted by atomic mass is 16.5. The molecule has 28 heavy (non-hydrogen) atoms. The number of aryl methyl sites for hydroxylation is 2. The monoisotopic (exact) mass is 380 g/mol. The molecule has 0 saturated carbocycles. The molecule has 1 aliphatic heterocycles. The topological polar surface area (TPSA) is 97.2 Å². The fourth-order valence-electron chi connectivity index (χ4n) is 3.22. The Balaban J connectivity index is 0.000000706. The molecular weight excluding hydrogens is 356 g/mol. The maximum Gasteiger partial charge on any atom is 0.290 e. The van der Waals surface area contributed by atoms with Crippen LogP contribution >= 0.6 is 0 Å². The zero-order chi connectivity index (χ0) is 19.9. The van der Waals surface area contributed by atoms with Crippen molar-refractivity contribution in [3.8, 4) is 11.3 Å². The van der Waals surface area contributed by atoms with E-state index in [4.69, 9.17) is 19.6 Å². The molecule has 1 aliphatic rings. The standard InChI is InChI=1S/C20H22N4O.CH2O2/c1-13-5-6-18-17(8-13)14(2)9-19(24-18)15-10-21-20(22-11-15)23-12-16-4-3-7-25-16;2-1-3/h5-6,8-11,16H,3-4,7,12H2,1-2H3,(H,21,22,23);1H,(H,2,3). The van der Waals surface area contributed by atoms with E-state index >= 15 is 0 Å². The Bertz CT molecular complexity index is 938. The van der Waals surface area contributed by atoms with E-state index in [0.29, 0.717) is 5.95 Å². The highest BCUT2D eigenvalue weighted by Crippen LogP contribution is 2.24. The maximum absolute atomic E-state index is 8.36. The van der Waals surface area contributed by atoms with Gasteiger partial charge < -0.3 is 15.2 Å². The smallest absolute Gasteiger partial charge is 0.290 e. The average molecular weight is 380 g/mol. The molecule has 3 heterocycles. The minimum Gasteiger partial charge on any atom is -0.483 e. The molecule has 0 amide bonds. The minimum atomic E-state index is -0.250. The molecule has 0 spiro atoms. The van der Waals surface area contributed by atoms with Crippen molar-refractivity contribution in [2.45, 2.75) is 32.8 Å². The fourth-order valence-corrected chi connectivity index (χ4v) is 3.22. The van der Waals surface area contributed by atoms with Gasteiger partial charge >= 0.3 is 0 Å². The zero-order valence-corrected chi connectivity index (χ0v) is 16.1. The first-order valence-electron chi connectivity index (χ1n) is 9.24. The van der Waals surface area contributed by atoms with Crippen molar-refractivity contribution in [3.05, 3.63) is 47.8 Å². The van der Waals surface area contributed by atoms with Crippen molar-refractivity contribution in [3.63, 3.8) is 0 Å². The van der Waals surface area contributed by atoms with Crippen LogP contribution in [-0.4, -0.2) is 45.8 Å². The molecule has 7 heteroatoms. The number of pyridine rings is 1. The Morgan fingerprint density at radius 3 is 2.68 bits per heavy atom. The Hall–Kier alpha value is -3.06. The van der Waals surface area contributed by atoms with Crippen molar-refractivity contribution >= 4 is 23.3 Å². The predicted octanol–water partition coefficient (Wildman–Crippen LogP) is 3.60. The van der Waals surface area contributed by atoms with E-state index in [2.05, 4.69) is 53.4 Å². The van der Waals surface area contributed by atoms with Gasteiger partial charge in [0, 0.05) is 36.5 Å². The second kappa shape index (κ2) is 9.23. The SMILES string of the molecule is Cc1ccc2nc(-c3cnc(NCC4CCCO4)nc3)cc(C)c2c1.O=CO. The predicted molar refractivity (Wildman–Crippen MR) is 108 cm³/mol. The fraction of sp³-hybridized carbons (Fsp3) is 0.333. The Morgan fingerprint density at radius 1 is 1.25 bits per heavy atom. The minimum absolute atomic E-state index is 0.250. The number of benzene rings is 1. The summed E-state index contributed by atoms with van der Waals surface area (Å²) in [6.45, 7) is 5.58. The molecule has 3 aromatic rings. The van der Waals surface area contributed by atoms with E-state index in [-0.39, 0.29) is 12.6 Å². The third-order valence-electron chi connectivity index (χ3n) is 4.63. The number of nitrogens with one attached hydrogen (secondary N) is 1. The van der Waals surface area contributed by atoms with E-state index in [1.165, 1.54) is 16.5 Å². The number of hydrogen-bond acceptors (Lipinski definition) is 6. The number of carboxylic acid groups (broad SMARTS) is 1. The van der Waals surface area contributed by atoms with E-state index < -0.39 is 0 Å². The largest absolute Gasteiger partial charge is 0.483 e. The molecule has 0 radical (unpaired) electrons. The zero-order valence-electron chi connectivity index (χ0n) is 16.1. The van der Waals surface area contributed by atoms with Crippen LogP contribution in [0.5, 0.6) is 0 Å². The van der Waals surface area contributed by atoms with Crippen molar-refractivity contribution in [2.75, 3.05) is 18.5 Å². The second-order valence-electron chi connectivity index (χ2n) is 6.76.